The minimum Gasteiger partial charge on any atom is -0.481 e. The summed E-state index contributed by atoms with van der Waals surface area (Å²) in [6.07, 6.45) is 1.57. The number of carbonyl (C=O) groups excluding carboxylic acids is 1. The van der Waals surface area contributed by atoms with Crippen LogP contribution in [0, 0.1) is 4.91 Å². The lowest BCUT2D eigenvalue weighted by atomic mass is 9.92. The van der Waals surface area contributed by atoms with Crippen molar-refractivity contribution in [2.45, 2.75) is 51.0 Å². The van der Waals surface area contributed by atoms with Crippen LogP contribution in [0.25, 0.3) is 0 Å². The molecule has 0 aliphatic carbocycles. The van der Waals surface area contributed by atoms with Crippen LogP contribution in [0.2, 0.25) is 0 Å². The minimum atomic E-state index is -2.51. The predicted molar refractivity (Wildman–Crippen MR) is 68.1 cm³/mol. The third-order valence-corrected chi connectivity index (χ3v) is 2.71. The molecule has 20 heavy (non-hydrogen) atoms. The van der Waals surface area contributed by atoms with E-state index in [-0.39, 0.29) is 6.61 Å². The van der Waals surface area contributed by atoms with Crippen molar-refractivity contribution in [2.24, 2.45) is 5.18 Å². The van der Waals surface area contributed by atoms with E-state index in [0.717, 1.165) is 19.3 Å². The molecule has 0 rings (SSSR count). The van der Waals surface area contributed by atoms with Crippen molar-refractivity contribution in [3.63, 3.8) is 0 Å². The second kappa shape index (κ2) is 9.00. The van der Waals surface area contributed by atoms with E-state index in [0.29, 0.717) is 6.42 Å². The highest BCUT2D eigenvalue weighted by Crippen LogP contribution is 2.22. The Balaban J connectivity index is 4.43. The number of aliphatic carboxylic acids is 2. The predicted octanol–water partition coefficient (Wildman–Crippen LogP) is 1.56. The van der Waals surface area contributed by atoms with Gasteiger partial charge in [-0.15, -0.1) is 4.91 Å². The Morgan fingerprint density at radius 1 is 1.10 bits per heavy atom. The average molecular weight is 289 g/mol. The molecule has 0 radical (unpaired) electrons. The number of nitrogens with zero attached hydrogens (tertiary/aromatic N) is 1. The third kappa shape index (κ3) is 6.26. The molecule has 0 aliphatic rings. The summed E-state index contributed by atoms with van der Waals surface area (Å²) in [5, 5.41) is 19.8. The van der Waals surface area contributed by atoms with Gasteiger partial charge in [-0.3, -0.25) is 9.59 Å². The first-order valence-electron chi connectivity index (χ1n) is 6.33. The van der Waals surface area contributed by atoms with Crippen molar-refractivity contribution in [3.8, 4) is 0 Å². The van der Waals surface area contributed by atoms with E-state index in [1.54, 1.807) is 0 Å². The van der Waals surface area contributed by atoms with Crippen molar-refractivity contribution in [3.05, 3.63) is 4.91 Å². The van der Waals surface area contributed by atoms with E-state index in [1.807, 2.05) is 6.92 Å². The van der Waals surface area contributed by atoms with E-state index in [9.17, 15) is 19.3 Å². The van der Waals surface area contributed by atoms with E-state index < -0.39 is 36.3 Å². The molecule has 0 aliphatic heterocycles. The van der Waals surface area contributed by atoms with E-state index in [2.05, 4.69) is 5.18 Å². The normalized spacial score (nSPS) is 13.2. The summed E-state index contributed by atoms with van der Waals surface area (Å²) >= 11 is 0. The number of unbranched alkanes of at least 4 members (excludes halogenated alkanes) is 3. The van der Waals surface area contributed by atoms with Crippen molar-refractivity contribution in [1.82, 2.24) is 0 Å². The minimum absolute atomic E-state index is 0.112. The highest BCUT2D eigenvalue weighted by atomic mass is 16.5. The Kier molecular flexibility index (Phi) is 8.10. The molecule has 8 heteroatoms. The molecule has 0 aromatic carbocycles. The SMILES string of the molecule is CCCCCCOC(=O)CC(CC(=O)O)(N=O)C(=O)O. The first kappa shape index (κ1) is 18.0. The lowest BCUT2D eigenvalue weighted by Crippen LogP contribution is -2.41. The van der Waals surface area contributed by atoms with Crippen LogP contribution < -0.4 is 0 Å². The second-order valence-corrected chi connectivity index (χ2v) is 4.46. The van der Waals surface area contributed by atoms with Gasteiger partial charge in [0.1, 0.15) is 0 Å². The molecule has 2 N–H and O–H groups in total. The van der Waals surface area contributed by atoms with Crippen molar-refractivity contribution < 1.29 is 29.3 Å². The Morgan fingerprint density at radius 2 is 1.75 bits per heavy atom. The standard InChI is InChI=1S/C12H19NO7/c1-2-3-4-5-6-20-10(16)8-12(13-19,11(17)18)7-9(14)15/h2-8H2,1H3,(H,14,15)(H,17,18). The lowest BCUT2D eigenvalue weighted by molar-refractivity contribution is -0.156. The zero-order valence-electron chi connectivity index (χ0n) is 11.3. The summed E-state index contributed by atoms with van der Waals surface area (Å²) in [5.74, 6) is -4.22. The Hall–Kier alpha value is -1.99. The molecule has 0 aromatic rings. The number of rotatable bonds is 11. The van der Waals surface area contributed by atoms with Gasteiger partial charge in [0.15, 0.2) is 0 Å². The highest BCUT2D eigenvalue weighted by molar-refractivity contribution is 5.90. The van der Waals surface area contributed by atoms with Crippen LogP contribution in [-0.4, -0.2) is 40.3 Å². The van der Waals surface area contributed by atoms with Crippen LogP contribution in [0.15, 0.2) is 5.18 Å². The topological polar surface area (TPSA) is 130 Å². The van der Waals surface area contributed by atoms with Gasteiger partial charge in [0, 0.05) is 0 Å². The van der Waals surface area contributed by atoms with Crippen LogP contribution >= 0.6 is 0 Å². The molecule has 0 saturated heterocycles. The summed E-state index contributed by atoms with van der Waals surface area (Å²) < 4.78 is 4.78. The van der Waals surface area contributed by atoms with Gasteiger partial charge in [0.25, 0.3) is 0 Å². The first-order chi connectivity index (χ1) is 9.38. The number of hydrogen-bond donors (Lipinski definition) is 2. The van der Waals surface area contributed by atoms with Crippen LogP contribution in [0.3, 0.4) is 0 Å². The number of ether oxygens (including phenoxy) is 1. The van der Waals surface area contributed by atoms with Crippen molar-refractivity contribution in [1.29, 1.82) is 0 Å². The van der Waals surface area contributed by atoms with Gasteiger partial charge in [0.2, 0.25) is 5.54 Å². The molecule has 1 unspecified atom stereocenters. The molecule has 0 bridgehead atoms. The number of hydrogen-bond acceptors (Lipinski definition) is 6. The maximum Gasteiger partial charge on any atom is 0.336 e. The zero-order chi connectivity index (χ0) is 15.6. The number of carbonyl (C=O) groups is 3. The number of nitroso groups, excluding NO2 is 1. The molecule has 0 spiro atoms. The number of carboxylic acid groups (broad SMARTS) is 2. The lowest BCUT2D eigenvalue weighted by Gasteiger charge is -2.18. The van der Waals surface area contributed by atoms with Crippen LogP contribution in [-0.2, 0) is 19.1 Å². The molecular weight excluding hydrogens is 270 g/mol. The zero-order valence-corrected chi connectivity index (χ0v) is 11.3. The van der Waals surface area contributed by atoms with Crippen molar-refractivity contribution in [2.75, 3.05) is 6.61 Å². The summed E-state index contributed by atoms with van der Waals surface area (Å²) in [7, 11) is 0. The van der Waals surface area contributed by atoms with Gasteiger partial charge in [-0.25, -0.2) is 4.79 Å². The summed E-state index contributed by atoms with van der Waals surface area (Å²) in [5.41, 5.74) is -2.51. The maximum atomic E-state index is 11.5. The van der Waals surface area contributed by atoms with Crippen molar-refractivity contribution >= 4 is 17.9 Å². The molecular formula is C12H19NO7. The molecule has 8 nitrogen and oxygen atoms in total. The van der Waals surface area contributed by atoms with Crippen LogP contribution in [0.4, 0.5) is 0 Å². The molecule has 0 amide bonds. The molecule has 1 atom stereocenters. The second-order valence-electron chi connectivity index (χ2n) is 4.46. The molecule has 0 saturated carbocycles. The summed E-state index contributed by atoms with van der Waals surface area (Å²) in [6.45, 7) is 2.13. The van der Waals surface area contributed by atoms with E-state index in [4.69, 9.17) is 14.9 Å². The third-order valence-electron chi connectivity index (χ3n) is 2.71. The fourth-order valence-corrected chi connectivity index (χ4v) is 1.57. The van der Waals surface area contributed by atoms with E-state index >= 15 is 0 Å². The maximum absolute atomic E-state index is 11.5. The highest BCUT2D eigenvalue weighted by Gasteiger charge is 2.45. The van der Waals surface area contributed by atoms with Crippen LogP contribution in [0.1, 0.15) is 45.4 Å². The van der Waals surface area contributed by atoms with Gasteiger partial charge < -0.3 is 14.9 Å². The van der Waals surface area contributed by atoms with Gasteiger partial charge in [0.05, 0.1) is 19.4 Å². The fourth-order valence-electron chi connectivity index (χ4n) is 1.57. The average Bonchev–Trinajstić information content (AvgIpc) is 2.36. The Labute approximate surface area is 116 Å². The summed E-state index contributed by atoms with van der Waals surface area (Å²) in [4.78, 5) is 43.7. The molecule has 114 valence electrons. The summed E-state index contributed by atoms with van der Waals surface area (Å²) in [6, 6.07) is 0. The van der Waals surface area contributed by atoms with E-state index in [1.165, 1.54) is 0 Å². The Bertz CT molecular complexity index is 369. The largest absolute Gasteiger partial charge is 0.481 e. The quantitative estimate of drug-likeness (QED) is 0.335. The van der Waals surface area contributed by atoms with Gasteiger partial charge in [-0.05, 0) is 11.6 Å². The molecule has 0 fully saturated rings. The smallest absolute Gasteiger partial charge is 0.336 e. The van der Waals surface area contributed by atoms with Crippen LogP contribution in [0.5, 0.6) is 0 Å². The fraction of sp³-hybridized carbons (Fsp3) is 0.750. The van der Waals surface area contributed by atoms with Gasteiger partial charge in [-0.2, -0.15) is 0 Å². The molecule has 0 heterocycles. The van der Waals surface area contributed by atoms with Gasteiger partial charge in [-0.1, -0.05) is 26.2 Å². The Morgan fingerprint density at radius 3 is 2.20 bits per heavy atom. The monoisotopic (exact) mass is 289 g/mol. The molecule has 0 aromatic heterocycles. The van der Waals surface area contributed by atoms with Gasteiger partial charge >= 0.3 is 17.9 Å². The number of carboxylic acids is 2. The first-order valence-corrected chi connectivity index (χ1v) is 6.33. The number of esters is 1.